The van der Waals surface area contributed by atoms with E-state index in [0.717, 1.165) is 19.3 Å². The molecule has 0 saturated heterocycles. The summed E-state index contributed by atoms with van der Waals surface area (Å²) in [6.45, 7) is 6.05. The zero-order chi connectivity index (χ0) is 13.0. The zero-order valence-electron chi connectivity index (χ0n) is 10.6. The first-order valence-corrected chi connectivity index (χ1v) is 5.93. The number of pyridine rings is 1. The maximum absolute atomic E-state index is 11.8. The highest BCUT2D eigenvalue weighted by molar-refractivity contribution is 5.90. The van der Waals surface area contributed by atoms with Gasteiger partial charge in [-0.25, -0.2) is 4.79 Å². The van der Waals surface area contributed by atoms with Crippen molar-refractivity contribution < 1.29 is 9.90 Å². The lowest BCUT2D eigenvalue weighted by molar-refractivity contribution is 0.0694. The number of carboxylic acid groups (broad SMARTS) is 1. The summed E-state index contributed by atoms with van der Waals surface area (Å²) in [7, 11) is 0. The zero-order valence-corrected chi connectivity index (χ0v) is 10.6. The molecule has 17 heavy (non-hydrogen) atoms. The van der Waals surface area contributed by atoms with Crippen LogP contribution in [0.15, 0.2) is 10.9 Å². The third-order valence-corrected chi connectivity index (χ3v) is 2.97. The van der Waals surface area contributed by atoms with E-state index >= 15 is 0 Å². The molecule has 0 aliphatic rings. The van der Waals surface area contributed by atoms with Crippen LogP contribution in [0.3, 0.4) is 0 Å². The molecule has 94 valence electrons. The number of carboxylic acids is 1. The van der Waals surface area contributed by atoms with E-state index < -0.39 is 5.97 Å². The lowest BCUT2D eigenvalue weighted by atomic mass is 10.1. The minimum atomic E-state index is -0.968. The molecule has 0 aliphatic carbocycles. The SMILES string of the molecule is CCCCCn1c(C)c(C(=O)O)c(C)cc1=O. The number of aromatic nitrogens is 1. The van der Waals surface area contributed by atoms with Crippen LogP contribution in [0.4, 0.5) is 0 Å². The van der Waals surface area contributed by atoms with Crippen LogP contribution in [0.1, 0.15) is 47.8 Å². The molecule has 0 fully saturated rings. The molecule has 4 nitrogen and oxygen atoms in total. The molecule has 0 spiro atoms. The van der Waals surface area contributed by atoms with Gasteiger partial charge in [-0.3, -0.25) is 4.79 Å². The largest absolute Gasteiger partial charge is 0.478 e. The predicted molar refractivity (Wildman–Crippen MR) is 66.7 cm³/mol. The Morgan fingerprint density at radius 3 is 2.53 bits per heavy atom. The molecule has 1 heterocycles. The number of hydrogen-bond donors (Lipinski definition) is 1. The van der Waals surface area contributed by atoms with Gasteiger partial charge in [0.05, 0.1) is 5.56 Å². The highest BCUT2D eigenvalue weighted by Crippen LogP contribution is 2.12. The number of hydrogen-bond acceptors (Lipinski definition) is 2. The summed E-state index contributed by atoms with van der Waals surface area (Å²) in [6, 6.07) is 1.41. The Hall–Kier alpha value is -1.58. The number of aromatic carboxylic acids is 1. The Kier molecular flexibility index (Phi) is 4.49. The molecule has 4 heteroatoms. The lowest BCUT2D eigenvalue weighted by Crippen LogP contribution is -2.25. The maximum atomic E-state index is 11.8. The summed E-state index contributed by atoms with van der Waals surface area (Å²) in [5, 5.41) is 9.12. The fourth-order valence-electron chi connectivity index (χ4n) is 2.04. The summed E-state index contributed by atoms with van der Waals surface area (Å²) in [5.41, 5.74) is 1.23. The molecule has 1 aromatic rings. The van der Waals surface area contributed by atoms with Crippen LogP contribution in [0, 0.1) is 13.8 Å². The summed E-state index contributed by atoms with van der Waals surface area (Å²) < 4.78 is 1.56. The van der Waals surface area contributed by atoms with E-state index in [2.05, 4.69) is 6.92 Å². The van der Waals surface area contributed by atoms with E-state index in [9.17, 15) is 9.59 Å². The molecule has 1 rings (SSSR count). The molecule has 0 bridgehead atoms. The van der Waals surface area contributed by atoms with Gasteiger partial charge < -0.3 is 9.67 Å². The standard InChI is InChI=1S/C13H19NO3/c1-4-5-6-7-14-10(3)12(13(16)17)9(2)8-11(14)15/h8H,4-7H2,1-3H3,(H,16,17). The van der Waals surface area contributed by atoms with Crippen molar-refractivity contribution in [1.82, 2.24) is 4.57 Å². The molecule has 0 unspecified atom stereocenters. The smallest absolute Gasteiger partial charge is 0.337 e. The van der Waals surface area contributed by atoms with Crippen LogP contribution in [0.25, 0.3) is 0 Å². The summed E-state index contributed by atoms with van der Waals surface area (Å²) in [6.07, 6.45) is 3.02. The van der Waals surface area contributed by atoms with E-state index in [4.69, 9.17) is 5.11 Å². The normalized spacial score (nSPS) is 10.5. The summed E-state index contributed by atoms with van der Waals surface area (Å²) >= 11 is 0. The van der Waals surface area contributed by atoms with Gasteiger partial charge in [0, 0.05) is 18.3 Å². The average Bonchev–Trinajstić information content (AvgIpc) is 2.21. The number of rotatable bonds is 5. The highest BCUT2D eigenvalue weighted by atomic mass is 16.4. The Labute approximate surface area is 101 Å². The molecule has 0 saturated carbocycles. The van der Waals surface area contributed by atoms with E-state index in [1.54, 1.807) is 18.4 Å². The van der Waals surface area contributed by atoms with Crippen molar-refractivity contribution in [3.8, 4) is 0 Å². The van der Waals surface area contributed by atoms with Gasteiger partial charge in [0.2, 0.25) is 0 Å². The highest BCUT2D eigenvalue weighted by Gasteiger charge is 2.15. The van der Waals surface area contributed by atoms with Crippen molar-refractivity contribution in [2.45, 2.75) is 46.6 Å². The molecule has 0 aliphatic heterocycles. The Morgan fingerprint density at radius 1 is 1.35 bits per heavy atom. The van der Waals surface area contributed by atoms with E-state index in [1.165, 1.54) is 6.07 Å². The van der Waals surface area contributed by atoms with Gasteiger partial charge in [-0.2, -0.15) is 0 Å². The third kappa shape index (κ3) is 2.96. The molecule has 0 radical (unpaired) electrons. The lowest BCUT2D eigenvalue weighted by Gasteiger charge is -2.13. The second kappa shape index (κ2) is 5.66. The molecular weight excluding hydrogens is 218 g/mol. The Morgan fingerprint density at radius 2 is 2.00 bits per heavy atom. The molecular formula is C13H19NO3. The van der Waals surface area contributed by atoms with Gasteiger partial charge in [0.1, 0.15) is 0 Å². The van der Waals surface area contributed by atoms with Gasteiger partial charge in [-0.05, 0) is 25.8 Å². The van der Waals surface area contributed by atoms with Gasteiger partial charge in [0.15, 0.2) is 0 Å². The van der Waals surface area contributed by atoms with Crippen LogP contribution in [0.5, 0.6) is 0 Å². The van der Waals surface area contributed by atoms with Crippen molar-refractivity contribution in [2.75, 3.05) is 0 Å². The Bertz CT molecular complexity index is 474. The van der Waals surface area contributed by atoms with E-state index in [-0.39, 0.29) is 11.1 Å². The molecule has 0 aromatic carbocycles. The number of nitrogens with zero attached hydrogens (tertiary/aromatic N) is 1. The van der Waals surface area contributed by atoms with Crippen LogP contribution in [0.2, 0.25) is 0 Å². The topological polar surface area (TPSA) is 59.3 Å². The van der Waals surface area contributed by atoms with E-state index in [1.807, 2.05) is 0 Å². The van der Waals surface area contributed by atoms with Crippen molar-refractivity contribution in [3.63, 3.8) is 0 Å². The van der Waals surface area contributed by atoms with Crippen LogP contribution < -0.4 is 5.56 Å². The number of carbonyl (C=O) groups is 1. The van der Waals surface area contributed by atoms with Crippen LogP contribution >= 0.6 is 0 Å². The Balaban J connectivity index is 3.17. The van der Waals surface area contributed by atoms with Gasteiger partial charge >= 0.3 is 5.97 Å². The van der Waals surface area contributed by atoms with Crippen molar-refractivity contribution in [1.29, 1.82) is 0 Å². The second-order valence-corrected chi connectivity index (χ2v) is 4.29. The molecule has 0 amide bonds. The van der Waals surface area contributed by atoms with Gasteiger partial charge in [-0.1, -0.05) is 19.8 Å². The molecule has 0 atom stereocenters. The minimum Gasteiger partial charge on any atom is -0.478 e. The quantitative estimate of drug-likeness (QED) is 0.800. The third-order valence-electron chi connectivity index (χ3n) is 2.97. The van der Waals surface area contributed by atoms with Crippen molar-refractivity contribution >= 4 is 5.97 Å². The van der Waals surface area contributed by atoms with Gasteiger partial charge in [0.25, 0.3) is 5.56 Å². The first-order valence-electron chi connectivity index (χ1n) is 5.93. The van der Waals surface area contributed by atoms with Crippen molar-refractivity contribution in [2.24, 2.45) is 0 Å². The number of unbranched alkanes of at least 4 members (excludes halogenated alkanes) is 2. The summed E-state index contributed by atoms with van der Waals surface area (Å²) in [5.74, 6) is -0.968. The molecule has 1 N–H and O–H groups in total. The predicted octanol–water partition coefficient (Wildman–Crippen LogP) is 2.35. The average molecular weight is 237 g/mol. The fraction of sp³-hybridized carbons (Fsp3) is 0.538. The van der Waals surface area contributed by atoms with Crippen LogP contribution in [-0.2, 0) is 6.54 Å². The monoisotopic (exact) mass is 237 g/mol. The second-order valence-electron chi connectivity index (χ2n) is 4.29. The van der Waals surface area contributed by atoms with Gasteiger partial charge in [-0.15, -0.1) is 0 Å². The fourth-order valence-corrected chi connectivity index (χ4v) is 2.04. The van der Waals surface area contributed by atoms with Crippen LogP contribution in [-0.4, -0.2) is 15.6 Å². The minimum absolute atomic E-state index is 0.110. The summed E-state index contributed by atoms with van der Waals surface area (Å²) in [4.78, 5) is 22.9. The number of aryl methyl sites for hydroxylation is 1. The van der Waals surface area contributed by atoms with E-state index in [0.29, 0.717) is 17.8 Å². The maximum Gasteiger partial charge on any atom is 0.337 e. The first-order chi connectivity index (χ1) is 7.99. The molecule has 1 aromatic heterocycles. The first kappa shape index (κ1) is 13.5. The van der Waals surface area contributed by atoms with Crippen molar-refractivity contribution in [3.05, 3.63) is 33.2 Å².